The van der Waals surface area contributed by atoms with E-state index in [-0.39, 0.29) is 18.8 Å². The van der Waals surface area contributed by atoms with Gasteiger partial charge in [0.15, 0.2) is 0 Å². The average molecular weight is 396 g/mol. The van der Waals surface area contributed by atoms with Gasteiger partial charge in [-0.1, -0.05) is 18.2 Å². The van der Waals surface area contributed by atoms with Crippen LogP contribution in [0, 0.1) is 11.8 Å². The molecule has 0 amide bonds. The van der Waals surface area contributed by atoms with Crippen molar-refractivity contribution in [3.05, 3.63) is 23.8 Å². The first-order chi connectivity index (χ1) is 13.1. The predicted molar refractivity (Wildman–Crippen MR) is 103 cm³/mol. The molecule has 0 aromatic rings. The van der Waals surface area contributed by atoms with Gasteiger partial charge in [-0.05, 0) is 52.0 Å². The normalized spacial score (nSPS) is 21.3. The molecule has 0 unspecified atom stereocenters. The maximum absolute atomic E-state index is 12.5. The number of carbonyl (C=O) groups is 3. The Morgan fingerprint density at radius 1 is 1.36 bits per heavy atom. The topological polar surface area (TPSA) is 99.1 Å². The Kier molecular flexibility index (Phi) is 9.55. The first-order valence-electron chi connectivity index (χ1n) is 9.53. The first kappa shape index (κ1) is 24.0. The highest BCUT2D eigenvalue weighted by Gasteiger charge is 2.39. The van der Waals surface area contributed by atoms with Crippen LogP contribution >= 0.6 is 0 Å². The number of cyclic esters (lactones) is 1. The van der Waals surface area contributed by atoms with Gasteiger partial charge in [-0.25, -0.2) is 4.89 Å². The van der Waals surface area contributed by atoms with E-state index in [9.17, 15) is 14.4 Å². The van der Waals surface area contributed by atoms with Crippen LogP contribution in [0.2, 0.25) is 0 Å². The molecule has 0 radical (unpaired) electrons. The van der Waals surface area contributed by atoms with Crippen LogP contribution in [0.5, 0.6) is 0 Å². The molecule has 0 saturated carbocycles. The van der Waals surface area contributed by atoms with E-state index in [1.165, 1.54) is 14.0 Å². The fraction of sp³-hybridized carbons (Fsp3) is 0.667. The molecule has 0 aliphatic carbocycles. The second-order valence-electron chi connectivity index (χ2n) is 7.85. The summed E-state index contributed by atoms with van der Waals surface area (Å²) in [5.41, 5.74) is 0.789. The van der Waals surface area contributed by atoms with Crippen molar-refractivity contribution in [2.45, 2.75) is 64.9 Å². The second kappa shape index (κ2) is 11.1. The number of ketones is 1. The average Bonchev–Trinajstić information content (AvgIpc) is 2.63. The minimum atomic E-state index is -0.698. The zero-order valence-corrected chi connectivity index (χ0v) is 17.3. The van der Waals surface area contributed by atoms with Gasteiger partial charge in [-0.15, -0.1) is 0 Å². The molecule has 1 saturated heterocycles. The number of allylic oxidation sites excluding steroid dienone is 1. The number of carbonyl (C=O) groups excluding carboxylic acids is 3. The summed E-state index contributed by atoms with van der Waals surface area (Å²) in [6.07, 6.45) is 4.64. The summed E-state index contributed by atoms with van der Waals surface area (Å²) in [6, 6.07) is 0. The van der Waals surface area contributed by atoms with Crippen molar-refractivity contribution in [2.75, 3.05) is 13.7 Å². The first-order valence-corrected chi connectivity index (χ1v) is 9.53. The number of rotatable bonds is 11. The third-order valence-corrected chi connectivity index (χ3v) is 4.99. The van der Waals surface area contributed by atoms with Gasteiger partial charge in [0.05, 0.1) is 25.0 Å². The molecule has 7 heteroatoms. The van der Waals surface area contributed by atoms with Gasteiger partial charge in [-0.3, -0.25) is 14.8 Å². The van der Waals surface area contributed by atoms with Gasteiger partial charge >= 0.3 is 11.9 Å². The lowest BCUT2D eigenvalue weighted by Gasteiger charge is -2.33. The number of esters is 2. The molecule has 28 heavy (non-hydrogen) atoms. The quantitative estimate of drug-likeness (QED) is 0.246. The van der Waals surface area contributed by atoms with Crippen molar-refractivity contribution in [3.63, 3.8) is 0 Å². The van der Waals surface area contributed by atoms with Crippen molar-refractivity contribution >= 4 is 17.7 Å². The Morgan fingerprint density at radius 3 is 2.61 bits per heavy atom. The fourth-order valence-corrected chi connectivity index (χ4v) is 3.27. The van der Waals surface area contributed by atoms with E-state index in [1.807, 2.05) is 6.08 Å². The molecule has 158 valence electrons. The smallest absolute Gasteiger partial charge is 0.314 e. The van der Waals surface area contributed by atoms with Crippen LogP contribution in [0.1, 0.15) is 59.3 Å². The standard InChI is InChI=1S/C21H32O7/c1-14(8-6-9-15(2)22)19-17(12-18(23)26-5)16(13-27-20(19)24)10-7-11-21(3,4)28-25/h10,17,19,25H,1,6-9,11-13H2,2-5H3/b16-10+/t17-,19-/m0/s1. The molecule has 0 bridgehead atoms. The fourth-order valence-electron chi connectivity index (χ4n) is 3.27. The van der Waals surface area contributed by atoms with Gasteiger partial charge in [0.1, 0.15) is 12.4 Å². The Balaban J connectivity index is 2.99. The van der Waals surface area contributed by atoms with Crippen molar-refractivity contribution < 1.29 is 34.0 Å². The molecule has 0 spiro atoms. The molecule has 1 heterocycles. The molecule has 1 aliphatic heterocycles. The Bertz CT molecular complexity index is 618. The Labute approximate surface area is 166 Å². The van der Waals surface area contributed by atoms with E-state index in [1.54, 1.807) is 13.8 Å². The Morgan fingerprint density at radius 2 is 2.04 bits per heavy atom. The molecule has 1 aliphatic rings. The summed E-state index contributed by atoms with van der Waals surface area (Å²) >= 11 is 0. The predicted octanol–water partition coefficient (Wildman–Crippen LogP) is 3.63. The lowest BCUT2D eigenvalue weighted by molar-refractivity contribution is -0.313. The van der Waals surface area contributed by atoms with Crippen molar-refractivity contribution in [1.82, 2.24) is 0 Å². The number of methoxy groups -OCH3 is 1. The van der Waals surface area contributed by atoms with E-state index in [4.69, 9.17) is 14.7 Å². The van der Waals surface area contributed by atoms with Crippen LogP contribution in [-0.2, 0) is 28.7 Å². The second-order valence-corrected chi connectivity index (χ2v) is 7.85. The zero-order valence-electron chi connectivity index (χ0n) is 17.3. The SMILES string of the molecule is C=C(CCCC(C)=O)[C@@H]1C(=O)OC/C(=C\CCC(C)(C)OO)[C@@H]1CC(=O)OC. The summed E-state index contributed by atoms with van der Waals surface area (Å²) in [6.45, 7) is 9.19. The molecule has 0 aromatic heterocycles. The lowest BCUT2D eigenvalue weighted by atomic mass is 9.76. The van der Waals surface area contributed by atoms with Gasteiger partial charge in [-0.2, -0.15) is 0 Å². The van der Waals surface area contributed by atoms with Crippen LogP contribution in [0.25, 0.3) is 0 Å². The molecule has 7 nitrogen and oxygen atoms in total. The van der Waals surface area contributed by atoms with E-state index in [2.05, 4.69) is 11.5 Å². The zero-order chi connectivity index (χ0) is 21.3. The molecule has 1 rings (SSSR count). The minimum Gasteiger partial charge on any atom is -0.469 e. The maximum Gasteiger partial charge on any atom is 0.314 e. The van der Waals surface area contributed by atoms with E-state index < -0.39 is 29.4 Å². The number of ether oxygens (including phenoxy) is 2. The third kappa shape index (κ3) is 7.56. The van der Waals surface area contributed by atoms with Crippen molar-refractivity contribution in [1.29, 1.82) is 0 Å². The van der Waals surface area contributed by atoms with Crippen LogP contribution in [0.3, 0.4) is 0 Å². The number of hydrogen-bond acceptors (Lipinski definition) is 7. The van der Waals surface area contributed by atoms with Crippen LogP contribution < -0.4 is 0 Å². The van der Waals surface area contributed by atoms with Gasteiger partial charge in [0.25, 0.3) is 0 Å². The lowest BCUT2D eigenvalue weighted by Crippen LogP contribution is -2.37. The van der Waals surface area contributed by atoms with E-state index >= 15 is 0 Å². The molecule has 1 N–H and O–H groups in total. The summed E-state index contributed by atoms with van der Waals surface area (Å²) in [4.78, 5) is 40.0. The number of hydrogen-bond donors (Lipinski definition) is 1. The Hall–Kier alpha value is -1.99. The van der Waals surface area contributed by atoms with E-state index in [0.717, 1.165) is 5.57 Å². The largest absolute Gasteiger partial charge is 0.469 e. The molecule has 0 aromatic carbocycles. The maximum atomic E-state index is 12.5. The summed E-state index contributed by atoms with van der Waals surface area (Å²) in [7, 11) is 1.31. The van der Waals surface area contributed by atoms with Crippen LogP contribution in [-0.4, -0.2) is 42.3 Å². The molecule has 1 fully saturated rings. The summed E-state index contributed by atoms with van der Waals surface area (Å²) < 4.78 is 10.1. The monoisotopic (exact) mass is 396 g/mol. The molecular formula is C21H32O7. The van der Waals surface area contributed by atoms with Gasteiger partial charge in [0, 0.05) is 12.3 Å². The molecular weight excluding hydrogens is 364 g/mol. The summed E-state index contributed by atoms with van der Waals surface area (Å²) in [5, 5.41) is 8.92. The van der Waals surface area contributed by atoms with Crippen LogP contribution in [0.4, 0.5) is 0 Å². The third-order valence-electron chi connectivity index (χ3n) is 4.99. The van der Waals surface area contributed by atoms with Crippen molar-refractivity contribution in [3.8, 4) is 0 Å². The van der Waals surface area contributed by atoms with Gasteiger partial charge < -0.3 is 14.3 Å². The van der Waals surface area contributed by atoms with Crippen molar-refractivity contribution in [2.24, 2.45) is 11.8 Å². The highest BCUT2D eigenvalue weighted by molar-refractivity contribution is 5.80. The van der Waals surface area contributed by atoms with E-state index in [0.29, 0.717) is 37.7 Å². The highest BCUT2D eigenvalue weighted by Crippen LogP contribution is 2.37. The minimum absolute atomic E-state index is 0.0493. The number of Topliss-reactive ketones (excluding diaryl/α,β-unsaturated/α-hetero) is 1. The van der Waals surface area contributed by atoms with Gasteiger partial charge in [0.2, 0.25) is 0 Å². The highest BCUT2D eigenvalue weighted by atomic mass is 17.1. The van der Waals surface area contributed by atoms with Crippen LogP contribution in [0.15, 0.2) is 23.8 Å². The summed E-state index contributed by atoms with van der Waals surface area (Å²) in [5.74, 6) is -1.77. The molecule has 2 atom stereocenters.